The van der Waals surface area contributed by atoms with Gasteiger partial charge in [0.2, 0.25) is 0 Å². The number of likely N-dealkylation sites (tertiary alicyclic amines) is 1. The molecule has 2 aliphatic rings. The van der Waals surface area contributed by atoms with Crippen LogP contribution in [0.15, 0.2) is 48.0 Å². The van der Waals surface area contributed by atoms with Gasteiger partial charge >= 0.3 is 0 Å². The summed E-state index contributed by atoms with van der Waals surface area (Å²) in [6.07, 6.45) is 1.55. The highest BCUT2D eigenvalue weighted by atomic mass is 16.5. The lowest BCUT2D eigenvalue weighted by atomic mass is 9.77. The second-order valence-corrected chi connectivity index (χ2v) is 11.9. The van der Waals surface area contributed by atoms with Gasteiger partial charge in [0, 0.05) is 18.7 Å². The number of hydrogen-bond acceptors (Lipinski definition) is 5. The van der Waals surface area contributed by atoms with Crippen molar-refractivity contribution in [1.82, 2.24) is 4.90 Å². The fraction of sp³-hybridized carbons (Fsp3) is 0.467. The third kappa shape index (κ3) is 4.79. The zero-order chi connectivity index (χ0) is 26.4. The van der Waals surface area contributed by atoms with Crippen LogP contribution in [-0.4, -0.2) is 46.1 Å². The van der Waals surface area contributed by atoms with Crippen LogP contribution in [0.4, 0.5) is 0 Å². The van der Waals surface area contributed by atoms with E-state index in [0.29, 0.717) is 17.7 Å². The molecule has 2 unspecified atom stereocenters. The van der Waals surface area contributed by atoms with Gasteiger partial charge in [-0.2, -0.15) is 0 Å². The highest BCUT2D eigenvalue weighted by Gasteiger charge is 2.47. The van der Waals surface area contributed by atoms with Crippen LogP contribution >= 0.6 is 0 Å². The maximum atomic E-state index is 13.4. The number of ketones is 1. The average Bonchev–Trinajstić information content (AvgIpc) is 3.40. The number of phenolic OH excluding ortho intramolecular Hbond substituents is 1. The maximum Gasteiger partial charge on any atom is 0.295 e. The van der Waals surface area contributed by atoms with Gasteiger partial charge in [-0.25, -0.2) is 0 Å². The first kappa shape index (κ1) is 26.0. The minimum Gasteiger partial charge on any atom is -0.507 e. The minimum atomic E-state index is -0.794. The number of benzene rings is 2. The summed E-state index contributed by atoms with van der Waals surface area (Å²) in [6, 6.07) is 11.8. The topological polar surface area (TPSA) is 87.1 Å². The number of carbonyl (C=O) groups is 2. The molecule has 0 radical (unpaired) electrons. The van der Waals surface area contributed by atoms with E-state index < -0.39 is 28.6 Å². The Kier molecular flexibility index (Phi) is 6.78. The lowest BCUT2D eigenvalue weighted by molar-refractivity contribution is -0.140. The second kappa shape index (κ2) is 9.40. The predicted octanol–water partition coefficient (Wildman–Crippen LogP) is 5.59. The van der Waals surface area contributed by atoms with E-state index in [1.807, 2.05) is 59.7 Å². The van der Waals surface area contributed by atoms with Crippen LogP contribution in [0.1, 0.15) is 82.7 Å². The zero-order valence-electron chi connectivity index (χ0n) is 22.1. The average molecular weight is 492 g/mol. The van der Waals surface area contributed by atoms with Crippen molar-refractivity contribution in [2.75, 3.05) is 13.2 Å². The third-order valence-electron chi connectivity index (χ3n) is 7.08. The molecular formula is C30H37NO5. The van der Waals surface area contributed by atoms with Gasteiger partial charge in [-0.3, -0.25) is 9.59 Å². The molecular weight excluding hydrogens is 454 g/mol. The van der Waals surface area contributed by atoms with Crippen molar-refractivity contribution >= 4 is 17.4 Å². The van der Waals surface area contributed by atoms with Crippen molar-refractivity contribution < 1.29 is 24.5 Å². The molecule has 2 fully saturated rings. The summed E-state index contributed by atoms with van der Waals surface area (Å²) in [7, 11) is 0. The maximum absolute atomic E-state index is 13.4. The first-order valence-corrected chi connectivity index (χ1v) is 12.6. The number of nitrogens with zero attached hydrogens (tertiary/aromatic N) is 1. The number of carbonyl (C=O) groups excluding carboxylic acids is 2. The number of ether oxygens (including phenoxy) is 1. The van der Waals surface area contributed by atoms with E-state index in [-0.39, 0.29) is 29.7 Å². The van der Waals surface area contributed by atoms with E-state index in [1.165, 1.54) is 4.90 Å². The van der Waals surface area contributed by atoms with Gasteiger partial charge < -0.3 is 19.8 Å². The Balaban J connectivity index is 1.98. The van der Waals surface area contributed by atoms with Gasteiger partial charge in [0.05, 0.1) is 17.7 Å². The number of hydrogen-bond donors (Lipinski definition) is 2. The van der Waals surface area contributed by atoms with Crippen molar-refractivity contribution in [1.29, 1.82) is 0 Å². The van der Waals surface area contributed by atoms with Crippen LogP contribution in [0.5, 0.6) is 5.75 Å². The summed E-state index contributed by atoms with van der Waals surface area (Å²) in [4.78, 5) is 28.3. The van der Waals surface area contributed by atoms with Crippen molar-refractivity contribution in [3.63, 3.8) is 0 Å². The Morgan fingerprint density at radius 1 is 1.00 bits per heavy atom. The second-order valence-electron chi connectivity index (χ2n) is 11.9. The van der Waals surface area contributed by atoms with E-state index >= 15 is 0 Å². The number of amides is 1. The molecule has 6 nitrogen and oxygen atoms in total. The SMILES string of the molecule is CC(C)(C)c1cc(C2/C(=C(\O)c3ccccc3)C(=O)C(=O)N2CC2CCCO2)cc(C(C)(C)C)c1O. The summed E-state index contributed by atoms with van der Waals surface area (Å²) in [5, 5.41) is 22.6. The van der Waals surface area contributed by atoms with E-state index in [9.17, 15) is 19.8 Å². The van der Waals surface area contributed by atoms with Crippen molar-refractivity contribution in [2.24, 2.45) is 0 Å². The summed E-state index contributed by atoms with van der Waals surface area (Å²) >= 11 is 0. The van der Waals surface area contributed by atoms with Gasteiger partial charge in [0.1, 0.15) is 11.5 Å². The molecule has 4 rings (SSSR count). The largest absolute Gasteiger partial charge is 0.507 e. The Hall–Kier alpha value is -3.12. The molecule has 2 aliphatic heterocycles. The van der Waals surface area contributed by atoms with Crippen LogP contribution in [0.25, 0.3) is 5.76 Å². The minimum absolute atomic E-state index is 0.0644. The lowest BCUT2D eigenvalue weighted by Crippen LogP contribution is -2.36. The number of aromatic hydroxyl groups is 1. The monoisotopic (exact) mass is 491 g/mol. The molecule has 0 spiro atoms. The molecule has 0 saturated carbocycles. The smallest absolute Gasteiger partial charge is 0.295 e. The highest BCUT2D eigenvalue weighted by Crippen LogP contribution is 2.46. The standard InChI is InChI=1S/C30H37NO5/c1-29(2,3)21-15-19(16-22(26(21)33)30(4,5)6)24-23(25(32)18-11-8-7-9-12-18)27(34)28(35)31(24)17-20-13-10-14-36-20/h7-9,11-12,15-16,20,24,32-33H,10,13-14,17H2,1-6H3/b25-23+. The third-order valence-corrected chi connectivity index (χ3v) is 7.08. The van der Waals surface area contributed by atoms with Crippen LogP contribution in [-0.2, 0) is 25.2 Å². The fourth-order valence-corrected chi connectivity index (χ4v) is 5.13. The molecule has 0 aliphatic carbocycles. The molecule has 2 heterocycles. The van der Waals surface area contributed by atoms with Gasteiger partial charge in [0.15, 0.2) is 0 Å². The van der Waals surface area contributed by atoms with Gasteiger partial charge in [-0.05, 0) is 52.5 Å². The normalized spacial score (nSPS) is 22.4. The molecule has 0 bridgehead atoms. The molecule has 6 heteroatoms. The van der Waals surface area contributed by atoms with Gasteiger partial charge in [-0.15, -0.1) is 0 Å². The Morgan fingerprint density at radius 2 is 1.58 bits per heavy atom. The molecule has 0 aromatic heterocycles. The van der Waals surface area contributed by atoms with Crippen molar-refractivity contribution in [2.45, 2.75) is 77.4 Å². The Labute approximate surface area is 213 Å². The van der Waals surface area contributed by atoms with E-state index in [2.05, 4.69) is 0 Å². The van der Waals surface area contributed by atoms with Crippen LogP contribution in [0, 0.1) is 0 Å². The van der Waals surface area contributed by atoms with Crippen LogP contribution in [0.2, 0.25) is 0 Å². The molecule has 192 valence electrons. The number of phenols is 1. The van der Waals surface area contributed by atoms with E-state index in [0.717, 1.165) is 24.0 Å². The van der Waals surface area contributed by atoms with E-state index in [4.69, 9.17) is 4.74 Å². The Bertz CT molecular complexity index is 1160. The molecule has 2 N–H and O–H groups in total. The molecule has 2 atom stereocenters. The van der Waals surface area contributed by atoms with Crippen molar-refractivity contribution in [3.05, 3.63) is 70.3 Å². The fourth-order valence-electron chi connectivity index (χ4n) is 5.13. The lowest BCUT2D eigenvalue weighted by Gasteiger charge is -2.32. The Morgan fingerprint density at radius 3 is 2.08 bits per heavy atom. The summed E-state index contributed by atoms with van der Waals surface area (Å²) in [5.41, 5.74) is 1.91. The molecule has 1 amide bonds. The number of aliphatic hydroxyl groups is 1. The number of aliphatic hydroxyl groups excluding tert-OH is 1. The van der Waals surface area contributed by atoms with Crippen molar-refractivity contribution in [3.8, 4) is 5.75 Å². The quantitative estimate of drug-likeness (QED) is 0.331. The summed E-state index contributed by atoms with van der Waals surface area (Å²) < 4.78 is 5.81. The number of rotatable bonds is 4. The van der Waals surface area contributed by atoms with Gasteiger partial charge in [-0.1, -0.05) is 71.9 Å². The highest BCUT2D eigenvalue weighted by molar-refractivity contribution is 6.46. The zero-order valence-corrected chi connectivity index (χ0v) is 22.1. The molecule has 36 heavy (non-hydrogen) atoms. The number of Topliss-reactive ketones (excluding diaryl/α,β-unsaturated/α-hetero) is 1. The summed E-state index contributed by atoms with van der Waals surface area (Å²) in [6.45, 7) is 13.0. The van der Waals surface area contributed by atoms with Crippen LogP contribution in [0.3, 0.4) is 0 Å². The molecule has 2 saturated heterocycles. The molecule has 2 aromatic carbocycles. The first-order chi connectivity index (χ1) is 16.8. The van der Waals surface area contributed by atoms with E-state index in [1.54, 1.807) is 24.3 Å². The molecule has 2 aromatic rings. The predicted molar refractivity (Wildman–Crippen MR) is 140 cm³/mol. The first-order valence-electron chi connectivity index (χ1n) is 12.6. The van der Waals surface area contributed by atoms with Gasteiger partial charge in [0.25, 0.3) is 11.7 Å². The van der Waals surface area contributed by atoms with Crippen LogP contribution < -0.4 is 0 Å². The summed E-state index contributed by atoms with van der Waals surface area (Å²) in [5.74, 6) is -1.33.